The lowest BCUT2D eigenvalue weighted by atomic mass is 9.76. The molecule has 3 amide bonds. The van der Waals surface area contributed by atoms with Gasteiger partial charge in [0, 0.05) is 33.1 Å². The van der Waals surface area contributed by atoms with Crippen LogP contribution >= 0.6 is 0 Å². The van der Waals surface area contributed by atoms with Crippen molar-refractivity contribution < 1.29 is 19.1 Å². The van der Waals surface area contributed by atoms with Crippen molar-refractivity contribution in [3.8, 4) is 0 Å². The summed E-state index contributed by atoms with van der Waals surface area (Å²) in [5.74, 6) is -0.884. The highest BCUT2D eigenvalue weighted by Crippen LogP contribution is 2.52. The zero-order valence-electron chi connectivity index (χ0n) is 16.0. The first kappa shape index (κ1) is 18.5. The highest BCUT2D eigenvalue weighted by atomic mass is 16.5. The maximum Gasteiger partial charge on any atom is 0.230 e. The quantitative estimate of drug-likeness (QED) is 0.734. The Kier molecular flexibility index (Phi) is 4.97. The van der Waals surface area contributed by atoms with Gasteiger partial charge in [0.1, 0.15) is 5.60 Å². The molecule has 4 atom stereocenters. The van der Waals surface area contributed by atoms with E-state index in [9.17, 15) is 14.4 Å². The van der Waals surface area contributed by atoms with Gasteiger partial charge in [0.05, 0.1) is 24.5 Å². The second-order valence-electron chi connectivity index (χ2n) is 8.24. The minimum absolute atomic E-state index is 0.0161. The van der Waals surface area contributed by atoms with Gasteiger partial charge in [-0.1, -0.05) is 31.4 Å². The van der Waals surface area contributed by atoms with Crippen LogP contribution in [0.2, 0.25) is 0 Å². The first-order chi connectivity index (χ1) is 13.0. The Labute approximate surface area is 160 Å². The SMILES string of the molecule is CC(=O)NCCN1C[C@]23C=C[C@H](O2)[C@H](C(=O)N2CCCCCCC2)[C@H]3C1=O. The highest BCUT2D eigenvalue weighted by Gasteiger charge is 2.67. The third-order valence-electron chi connectivity index (χ3n) is 6.39. The van der Waals surface area contributed by atoms with Gasteiger partial charge in [0.15, 0.2) is 0 Å². The lowest BCUT2D eigenvalue weighted by Crippen LogP contribution is -2.47. The van der Waals surface area contributed by atoms with Crippen LogP contribution in [-0.4, -0.2) is 72.0 Å². The normalized spacial score (nSPS) is 35.1. The molecule has 148 valence electrons. The monoisotopic (exact) mass is 375 g/mol. The summed E-state index contributed by atoms with van der Waals surface area (Å²) in [7, 11) is 0. The summed E-state index contributed by atoms with van der Waals surface area (Å²) in [6.07, 6.45) is 9.31. The molecule has 4 aliphatic heterocycles. The van der Waals surface area contributed by atoms with E-state index < -0.39 is 17.4 Å². The van der Waals surface area contributed by atoms with Gasteiger partial charge in [-0.05, 0) is 12.8 Å². The van der Waals surface area contributed by atoms with Crippen LogP contribution in [0.3, 0.4) is 0 Å². The Morgan fingerprint density at radius 1 is 1.22 bits per heavy atom. The number of nitrogens with zero attached hydrogens (tertiary/aromatic N) is 2. The topological polar surface area (TPSA) is 79.0 Å². The summed E-state index contributed by atoms with van der Waals surface area (Å²) in [5.41, 5.74) is -0.666. The number of amides is 3. The van der Waals surface area contributed by atoms with Crippen molar-refractivity contribution in [2.45, 2.75) is 50.7 Å². The van der Waals surface area contributed by atoms with E-state index >= 15 is 0 Å². The van der Waals surface area contributed by atoms with Crippen LogP contribution in [0.1, 0.15) is 39.0 Å². The molecule has 4 aliphatic rings. The van der Waals surface area contributed by atoms with Crippen LogP contribution in [0.4, 0.5) is 0 Å². The van der Waals surface area contributed by atoms with Crippen molar-refractivity contribution in [1.29, 1.82) is 0 Å². The molecular weight excluding hydrogens is 346 g/mol. The molecule has 0 aromatic rings. The fraction of sp³-hybridized carbons (Fsp3) is 0.750. The molecule has 0 saturated carbocycles. The van der Waals surface area contributed by atoms with E-state index in [2.05, 4.69) is 5.32 Å². The fourth-order valence-corrected chi connectivity index (χ4v) is 5.10. The zero-order chi connectivity index (χ0) is 19.0. The molecule has 3 saturated heterocycles. The van der Waals surface area contributed by atoms with E-state index in [1.54, 1.807) is 4.90 Å². The average molecular weight is 375 g/mol. The van der Waals surface area contributed by atoms with Crippen molar-refractivity contribution in [3.63, 3.8) is 0 Å². The Bertz CT molecular complexity index is 656. The van der Waals surface area contributed by atoms with Crippen LogP contribution in [0.25, 0.3) is 0 Å². The molecule has 0 aromatic heterocycles. The van der Waals surface area contributed by atoms with Crippen LogP contribution in [0.15, 0.2) is 12.2 Å². The van der Waals surface area contributed by atoms with Gasteiger partial charge in [0.25, 0.3) is 0 Å². The van der Waals surface area contributed by atoms with Crippen molar-refractivity contribution in [1.82, 2.24) is 15.1 Å². The molecule has 0 unspecified atom stereocenters. The second-order valence-corrected chi connectivity index (χ2v) is 8.24. The molecule has 27 heavy (non-hydrogen) atoms. The zero-order valence-corrected chi connectivity index (χ0v) is 16.0. The maximum absolute atomic E-state index is 13.3. The maximum atomic E-state index is 13.3. The summed E-state index contributed by atoms with van der Waals surface area (Å²) in [6.45, 7) is 4.36. The van der Waals surface area contributed by atoms with E-state index in [4.69, 9.17) is 4.74 Å². The molecule has 1 N–H and O–H groups in total. The lowest BCUT2D eigenvalue weighted by molar-refractivity contribution is -0.143. The Hall–Kier alpha value is -1.89. The number of carbonyl (C=O) groups excluding carboxylic acids is 3. The Balaban J connectivity index is 1.48. The molecule has 0 aromatic carbocycles. The number of likely N-dealkylation sites (tertiary alicyclic amines) is 2. The van der Waals surface area contributed by atoms with Gasteiger partial charge >= 0.3 is 0 Å². The smallest absolute Gasteiger partial charge is 0.230 e. The van der Waals surface area contributed by atoms with E-state index in [0.29, 0.717) is 19.6 Å². The molecule has 7 heteroatoms. The van der Waals surface area contributed by atoms with Gasteiger partial charge in [0.2, 0.25) is 17.7 Å². The Morgan fingerprint density at radius 3 is 2.63 bits per heavy atom. The van der Waals surface area contributed by atoms with Crippen molar-refractivity contribution in [2.24, 2.45) is 11.8 Å². The minimum Gasteiger partial charge on any atom is -0.360 e. The number of carbonyl (C=O) groups is 3. The van der Waals surface area contributed by atoms with Crippen LogP contribution < -0.4 is 5.32 Å². The second kappa shape index (κ2) is 7.26. The number of fused-ring (bicyclic) bond motifs is 1. The van der Waals surface area contributed by atoms with Gasteiger partial charge in [-0.2, -0.15) is 0 Å². The average Bonchev–Trinajstić information content (AvgIpc) is 3.22. The molecule has 2 bridgehead atoms. The molecular formula is C20H29N3O4. The molecule has 4 heterocycles. The summed E-state index contributed by atoms with van der Waals surface area (Å²) >= 11 is 0. The highest BCUT2D eigenvalue weighted by molar-refractivity contribution is 5.93. The van der Waals surface area contributed by atoms with Crippen molar-refractivity contribution in [3.05, 3.63) is 12.2 Å². The van der Waals surface area contributed by atoms with E-state index in [-0.39, 0.29) is 23.8 Å². The number of ether oxygens (including phenoxy) is 1. The number of nitrogens with one attached hydrogen (secondary N) is 1. The summed E-state index contributed by atoms with van der Waals surface area (Å²) in [6, 6.07) is 0. The predicted octanol–water partition coefficient (Wildman–Crippen LogP) is 0.697. The van der Waals surface area contributed by atoms with Crippen LogP contribution in [-0.2, 0) is 19.1 Å². The predicted molar refractivity (Wildman–Crippen MR) is 98.7 cm³/mol. The molecule has 3 fully saturated rings. The number of hydrogen-bond donors (Lipinski definition) is 1. The van der Waals surface area contributed by atoms with Crippen LogP contribution in [0.5, 0.6) is 0 Å². The van der Waals surface area contributed by atoms with Crippen molar-refractivity contribution >= 4 is 17.7 Å². The van der Waals surface area contributed by atoms with Gasteiger partial charge < -0.3 is 19.9 Å². The molecule has 0 aliphatic carbocycles. The van der Waals surface area contributed by atoms with Gasteiger partial charge in [-0.25, -0.2) is 0 Å². The number of hydrogen-bond acceptors (Lipinski definition) is 4. The minimum atomic E-state index is -0.666. The Morgan fingerprint density at radius 2 is 1.93 bits per heavy atom. The molecule has 1 spiro atoms. The molecule has 4 rings (SSSR count). The fourth-order valence-electron chi connectivity index (χ4n) is 5.10. The molecule has 0 radical (unpaired) electrons. The number of rotatable bonds is 4. The van der Waals surface area contributed by atoms with Crippen molar-refractivity contribution in [2.75, 3.05) is 32.7 Å². The van der Waals surface area contributed by atoms with Crippen LogP contribution in [0, 0.1) is 11.8 Å². The lowest BCUT2D eigenvalue weighted by Gasteiger charge is -2.31. The van der Waals surface area contributed by atoms with E-state index in [0.717, 1.165) is 38.8 Å². The van der Waals surface area contributed by atoms with E-state index in [1.165, 1.54) is 13.3 Å². The van der Waals surface area contributed by atoms with E-state index in [1.807, 2.05) is 17.1 Å². The first-order valence-corrected chi connectivity index (χ1v) is 10.2. The largest absolute Gasteiger partial charge is 0.360 e. The summed E-state index contributed by atoms with van der Waals surface area (Å²) in [5, 5.41) is 2.73. The summed E-state index contributed by atoms with van der Waals surface area (Å²) < 4.78 is 6.18. The third kappa shape index (κ3) is 3.26. The third-order valence-corrected chi connectivity index (χ3v) is 6.39. The van der Waals surface area contributed by atoms with Gasteiger partial charge in [-0.15, -0.1) is 0 Å². The first-order valence-electron chi connectivity index (χ1n) is 10.2. The molecule has 7 nitrogen and oxygen atoms in total. The standard InChI is InChI=1S/C20H29N3O4/c1-14(24)21-9-12-23-13-20-8-7-15(27-20)16(17(20)19(23)26)18(25)22-10-5-3-2-4-6-11-22/h7-8,15-17H,2-6,9-13H2,1H3,(H,21,24)/t15-,16-,17-,20-/m0/s1. The van der Waals surface area contributed by atoms with Gasteiger partial charge in [-0.3, -0.25) is 14.4 Å². The summed E-state index contributed by atoms with van der Waals surface area (Å²) in [4.78, 5) is 41.2.